The molecule has 2 saturated heterocycles. The van der Waals surface area contributed by atoms with E-state index in [0.29, 0.717) is 36.8 Å². The molecule has 2 fully saturated rings. The normalized spacial score (nSPS) is 18.4. The number of amides is 4. The summed E-state index contributed by atoms with van der Waals surface area (Å²) in [5, 5.41) is 2.94. The number of nitrogens with zero attached hydrogens (tertiary/aromatic N) is 3. The van der Waals surface area contributed by atoms with Crippen molar-refractivity contribution in [3.63, 3.8) is 0 Å². The highest BCUT2D eigenvalue weighted by atomic mass is 16.7. The zero-order valence-corrected chi connectivity index (χ0v) is 18.3. The van der Waals surface area contributed by atoms with Gasteiger partial charge in [-0.3, -0.25) is 0 Å². The van der Waals surface area contributed by atoms with Crippen LogP contribution in [0.15, 0.2) is 42.5 Å². The summed E-state index contributed by atoms with van der Waals surface area (Å²) in [5.74, 6) is 1.33. The van der Waals surface area contributed by atoms with Crippen molar-refractivity contribution in [1.29, 1.82) is 0 Å². The largest absolute Gasteiger partial charge is 0.454 e. The Balaban J connectivity index is 1.13. The number of benzene rings is 2. The first kappa shape index (κ1) is 20.5. The number of hydrogen-bond donors (Lipinski definition) is 1. The topological polar surface area (TPSA) is 74.3 Å². The molecule has 3 aliphatic rings. The van der Waals surface area contributed by atoms with Crippen molar-refractivity contribution in [2.45, 2.75) is 32.4 Å². The summed E-state index contributed by atoms with van der Waals surface area (Å²) in [6.07, 6.45) is 1.58. The highest BCUT2D eigenvalue weighted by Crippen LogP contribution is 2.34. The van der Waals surface area contributed by atoms with Crippen molar-refractivity contribution < 1.29 is 19.1 Å². The summed E-state index contributed by atoms with van der Waals surface area (Å²) >= 11 is 0. The number of rotatable bonds is 4. The van der Waals surface area contributed by atoms with Crippen LogP contribution in [0, 0.1) is 6.92 Å². The first-order valence-electron chi connectivity index (χ1n) is 11.1. The minimum Gasteiger partial charge on any atom is -0.454 e. The lowest BCUT2D eigenvalue weighted by molar-refractivity contribution is 0.139. The van der Waals surface area contributed by atoms with E-state index < -0.39 is 0 Å². The molecule has 1 N–H and O–H groups in total. The molecule has 0 bridgehead atoms. The number of carbonyl (C=O) groups excluding carboxylic acids is 2. The average molecular weight is 437 g/mol. The molecule has 3 heterocycles. The van der Waals surface area contributed by atoms with Crippen LogP contribution in [0.2, 0.25) is 0 Å². The van der Waals surface area contributed by atoms with Gasteiger partial charge in [0, 0.05) is 50.5 Å². The summed E-state index contributed by atoms with van der Waals surface area (Å²) in [5.41, 5.74) is 3.05. The van der Waals surface area contributed by atoms with Crippen LogP contribution in [-0.4, -0.2) is 65.8 Å². The van der Waals surface area contributed by atoms with Crippen molar-refractivity contribution in [3.05, 3.63) is 53.6 Å². The minimum atomic E-state index is -0.129. The monoisotopic (exact) mass is 436 g/mol. The molecule has 0 saturated carbocycles. The van der Waals surface area contributed by atoms with Crippen LogP contribution in [0.5, 0.6) is 11.5 Å². The Kier molecular flexibility index (Phi) is 5.51. The van der Waals surface area contributed by atoms with Crippen LogP contribution >= 0.6 is 0 Å². The fourth-order valence-corrected chi connectivity index (χ4v) is 4.68. The number of piperidine rings is 1. The van der Waals surface area contributed by atoms with Gasteiger partial charge >= 0.3 is 12.1 Å². The van der Waals surface area contributed by atoms with Crippen LogP contribution in [-0.2, 0) is 6.54 Å². The molecule has 0 spiro atoms. The Morgan fingerprint density at radius 3 is 2.66 bits per heavy atom. The fraction of sp³-hybridized carbons (Fsp3) is 0.417. The molecule has 8 heteroatoms. The van der Waals surface area contributed by atoms with Gasteiger partial charge in [-0.1, -0.05) is 29.8 Å². The molecular weight excluding hydrogens is 408 g/mol. The highest BCUT2D eigenvalue weighted by Gasteiger charge is 2.36. The van der Waals surface area contributed by atoms with E-state index in [4.69, 9.17) is 9.47 Å². The standard InChI is InChI=1S/C24H28N4O4/c1-17-3-2-4-18(13-17)15-27-11-12-28(24(27)30)20-7-9-26(10-8-20)23(29)25-19-5-6-21-22(14-19)32-16-31-21/h2-6,13-14,20H,7-12,15-16H2,1H3,(H,25,29). The van der Waals surface area contributed by atoms with Crippen molar-refractivity contribution in [2.75, 3.05) is 38.3 Å². The second-order valence-electron chi connectivity index (χ2n) is 8.60. The van der Waals surface area contributed by atoms with Gasteiger partial charge in [0.15, 0.2) is 11.5 Å². The summed E-state index contributed by atoms with van der Waals surface area (Å²) in [7, 11) is 0. The van der Waals surface area contributed by atoms with Crippen LogP contribution in [0.4, 0.5) is 15.3 Å². The maximum absolute atomic E-state index is 13.0. The Hall–Kier alpha value is -3.42. The molecule has 8 nitrogen and oxygen atoms in total. The third kappa shape index (κ3) is 4.17. The van der Waals surface area contributed by atoms with Gasteiger partial charge in [0.1, 0.15) is 0 Å². The van der Waals surface area contributed by atoms with E-state index in [1.54, 1.807) is 12.1 Å². The Bertz CT molecular complexity index is 1020. The summed E-state index contributed by atoms with van der Waals surface area (Å²) < 4.78 is 10.7. The van der Waals surface area contributed by atoms with E-state index in [9.17, 15) is 9.59 Å². The van der Waals surface area contributed by atoms with Crippen molar-refractivity contribution >= 4 is 17.7 Å². The third-order valence-corrected chi connectivity index (χ3v) is 6.40. The Morgan fingerprint density at radius 2 is 1.84 bits per heavy atom. The molecule has 32 heavy (non-hydrogen) atoms. The number of anilines is 1. The van der Waals surface area contributed by atoms with E-state index in [1.165, 1.54) is 5.56 Å². The van der Waals surface area contributed by atoms with Gasteiger partial charge in [-0.15, -0.1) is 0 Å². The lowest BCUT2D eigenvalue weighted by atomic mass is 10.0. The summed E-state index contributed by atoms with van der Waals surface area (Å²) in [4.78, 5) is 31.4. The second kappa shape index (κ2) is 8.61. The highest BCUT2D eigenvalue weighted by molar-refractivity contribution is 5.90. The van der Waals surface area contributed by atoms with Gasteiger partial charge in [0.25, 0.3) is 0 Å². The van der Waals surface area contributed by atoms with Gasteiger partial charge in [0.2, 0.25) is 6.79 Å². The number of urea groups is 2. The first-order valence-corrected chi connectivity index (χ1v) is 11.1. The quantitative estimate of drug-likeness (QED) is 0.794. The predicted octanol–water partition coefficient (Wildman–Crippen LogP) is 3.66. The molecule has 168 valence electrons. The van der Waals surface area contributed by atoms with Crippen LogP contribution in [0.25, 0.3) is 0 Å². The number of fused-ring (bicyclic) bond motifs is 1. The molecular formula is C24H28N4O4. The van der Waals surface area contributed by atoms with Gasteiger partial charge < -0.3 is 29.5 Å². The number of carbonyl (C=O) groups is 2. The SMILES string of the molecule is Cc1cccc(CN2CCN(C3CCN(C(=O)Nc4ccc5c(c4)OCO5)CC3)C2=O)c1. The third-order valence-electron chi connectivity index (χ3n) is 6.40. The Morgan fingerprint density at radius 1 is 1.03 bits per heavy atom. The van der Waals surface area contributed by atoms with Crippen LogP contribution < -0.4 is 14.8 Å². The number of ether oxygens (including phenoxy) is 2. The van der Waals surface area contributed by atoms with Crippen molar-refractivity contribution in [1.82, 2.24) is 14.7 Å². The first-order chi connectivity index (χ1) is 15.6. The lowest BCUT2D eigenvalue weighted by Crippen LogP contribution is -2.49. The smallest absolute Gasteiger partial charge is 0.321 e. The summed E-state index contributed by atoms with van der Waals surface area (Å²) in [6.45, 7) is 5.67. The molecule has 3 aliphatic heterocycles. The van der Waals surface area contributed by atoms with Crippen molar-refractivity contribution in [3.8, 4) is 11.5 Å². The molecule has 2 aromatic carbocycles. The number of aryl methyl sites for hydroxylation is 1. The van der Waals surface area contributed by atoms with Gasteiger partial charge in [0.05, 0.1) is 0 Å². The zero-order chi connectivity index (χ0) is 22.1. The molecule has 0 aromatic heterocycles. The molecule has 4 amide bonds. The number of likely N-dealkylation sites (tertiary alicyclic amines) is 1. The molecule has 2 aromatic rings. The number of nitrogens with one attached hydrogen (secondary N) is 1. The summed E-state index contributed by atoms with van der Waals surface area (Å²) in [6, 6.07) is 13.8. The molecule has 5 rings (SSSR count). The molecule has 0 atom stereocenters. The van der Waals surface area contributed by atoms with E-state index >= 15 is 0 Å². The van der Waals surface area contributed by atoms with Gasteiger partial charge in [-0.05, 0) is 37.5 Å². The maximum atomic E-state index is 13.0. The van der Waals surface area contributed by atoms with Gasteiger partial charge in [-0.25, -0.2) is 9.59 Å². The molecule has 0 unspecified atom stereocenters. The second-order valence-corrected chi connectivity index (χ2v) is 8.60. The minimum absolute atomic E-state index is 0.106. The fourth-order valence-electron chi connectivity index (χ4n) is 4.68. The maximum Gasteiger partial charge on any atom is 0.321 e. The lowest BCUT2D eigenvalue weighted by Gasteiger charge is -2.36. The van der Waals surface area contributed by atoms with Crippen molar-refractivity contribution in [2.24, 2.45) is 0 Å². The number of hydrogen-bond acceptors (Lipinski definition) is 4. The molecule has 0 aliphatic carbocycles. The van der Waals surface area contributed by atoms with Crippen LogP contribution in [0.3, 0.4) is 0 Å². The Labute approximate surface area is 187 Å². The van der Waals surface area contributed by atoms with Crippen LogP contribution in [0.1, 0.15) is 24.0 Å². The zero-order valence-electron chi connectivity index (χ0n) is 18.3. The molecule has 0 radical (unpaired) electrons. The van der Waals surface area contributed by atoms with E-state index in [2.05, 4.69) is 30.4 Å². The van der Waals surface area contributed by atoms with Gasteiger partial charge in [-0.2, -0.15) is 0 Å². The van der Waals surface area contributed by atoms with E-state index in [1.807, 2.05) is 26.8 Å². The van der Waals surface area contributed by atoms with E-state index in [0.717, 1.165) is 31.5 Å². The average Bonchev–Trinajstić information content (AvgIpc) is 3.40. The predicted molar refractivity (Wildman–Crippen MR) is 120 cm³/mol. The van der Waals surface area contributed by atoms with E-state index in [-0.39, 0.29) is 24.9 Å².